The van der Waals surface area contributed by atoms with Crippen LogP contribution in [-0.2, 0) is 10.5 Å². The lowest BCUT2D eigenvalue weighted by Crippen LogP contribution is -2.21. The highest BCUT2D eigenvalue weighted by molar-refractivity contribution is 7.99. The second-order valence-electron chi connectivity index (χ2n) is 5.52. The average Bonchev–Trinajstić information content (AvgIpc) is 2.61. The van der Waals surface area contributed by atoms with Crippen molar-refractivity contribution in [2.75, 3.05) is 5.75 Å². The summed E-state index contributed by atoms with van der Waals surface area (Å²) < 4.78 is 0. The van der Waals surface area contributed by atoms with E-state index in [1.807, 2.05) is 31.2 Å². The van der Waals surface area contributed by atoms with Crippen LogP contribution in [-0.4, -0.2) is 22.3 Å². The molecule has 2 aromatic carbocycles. The molecular weight excluding hydrogens is 338 g/mol. The molecule has 0 unspecified atom stereocenters. The molecule has 0 aromatic heterocycles. The van der Waals surface area contributed by atoms with Crippen LogP contribution in [0, 0.1) is 17.0 Å². The second-order valence-corrected chi connectivity index (χ2v) is 6.50. The Morgan fingerprint density at radius 3 is 2.64 bits per heavy atom. The Labute approximate surface area is 150 Å². The first kappa shape index (κ1) is 18.7. The van der Waals surface area contributed by atoms with Crippen LogP contribution < -0.4 is 5.43 Å². The van der Waals surface area contributed by atoms with Gasteiger partial charge in [-0.3, -0.25) is 14.9 Å². The van der Waals surface area contributed by atoms with E-state index in [1.54, 1.807) is 19.1 Å². The van der Waals surface area contributed by atoms with Gasteiger partial charge in [0.05, 0.1) is 16.4 Å². The van der Waals surface area contributed by atoms with Crippen molar-refractivity contribution in [3.8, 4) is 0 Å². The van der Waals surface area contributed by atoms with Crippen molar-refractivity contribution < 1.29 is 9.72 Å². The van der Waals surface area contributed by atoms with E-state index in [0.717, 1.165) is 5.75 Å². The van der Waals surface area contributed by atoms with Gasteiger partial charge in [0.2, 0.25) is 5.91 Å². The first-order valence-electron chi connectivity index (χ1n) is 7.67. The fourth-order valence-electron chi connectivity index (χ4n) is 2.03. The van der Waals surface area contributed by atoms with Crippen LogP contribution >= 0.6 is 11.8 Å². The lowest BCUT2D eigenvalue weighted by molar-refractivity contribution is -0.384. The monoisotopic (exact) mass is 357 g/mol. The predicted octanol–water partition coefficient (Wildman–Crippen LogP) is 3.68. The number of hydrazone groups is 1. The molecule has 0 radical (unpaired) electrons. The van der Waals surface area contributed by atoms with E-state index in [9.17, 15) is 14.9 Å². The summed E-state index contributed by atoms with van der Waals surface area (Å²) in [5, 5.41) is 14.8. The van der Waals surface area contributed by atoms with E-state index in [4.69, 9.17) is 0 Å². The highest BCUT2D eigenvalue weighted by Gasteiger charge is 2.08. The van der Waals surface area contributed by atoms with Gasteiger partial charge in [0, 0.05) is 23.4 Å². The minimum atomic E-state index is -0.461. The van der Waals surface area contributed by atoms with Crippen LogP contribution in [0.15, 0.2) is 53.6 Å². The highest BCUT2D eigenvalue weighted by atomic mass is 32.2. The summed E-state index contributed by atoms with van der Waals surface area (Å²) >= 11 is 1.50. The maximum absolute atomic E-state index is 11.9. The summed E-state index contributed by atoms with van der Waals surface area (Å²) in [6.45, 7) is 3.73. The van der Waals surface area contributed by atoms with E-state index in [-0.39, 0.29) is 11.6 Å². The molecule has 2 aromatic rings. The number of rotatable bonds is 7. The van der Waals surface area contributed by atoms with Gasteiger partial charge in [0.15, 0.2) is 0 Å². The third kappa shape index (κ3) is 6.04. The molecule has 130 valence electrons. The molecule has 2 rings (SSSR count). The van der Waals surface area contributed by atoms with E-state index >= 15 is 0 Å². The molecule has 0 aliphatic heterocycles. The minimum Gasteiger partial charge on any atom is -0.272 e. The Balaban J connectivity index is 1.83. The number of carbonyl (C=O) groups is 1. The molecule has 0 aliphatic carbocycles. The minimum absolute atomic E-state index is 0.00738. The number of aryl methyl sites for hydroxylation is 1. The van der Waals surface area contributed by atoms with Crippen molar-refractivity contribution in [1.29, 1.82) is 0 Å². The van der Waals surface area contributed by atoms with E-state index in [1.165, 1.54) is 35.0 Å². The summed E-state index contributed by atoms with van der Waals surface area (Å²) in [6, 6.07) is 14.3. The van der Waals surface area contributed by atoms with Crippen molar-refractivity contribution in [3.63, 3.8) is 0 Å². The molecular formula is C18H19N3O3S. The van der Waals surface area contributed by atoms with Crippen molar-refractivity contribution >= 4 is 29.1 Å². The fourth-order valence-corrected chi connectivity index (χ4v) is 2.81. The third-order valence-corrected chi connectivity index (χ3v) is 4.45. The second kappa shape index (κ2) is 8.98. The fraction of sp³-hybridized carbons (Fsp3) is 0.222. The Kier molecular flexibility index (Phi) is 6.71. The van der Waals surface area contributed by atoms with Crippen molar-refractivity contribution in [3.05, 3.63) is 75.3 Å². The highest BCUT2D eigenvalue weighted by Crippen LogP contribution is 2.14. The normalized spacial score (nSPS) is 11.2. The van der Waals surface area contributed by atoms with E-state index in [0.29, 0.717) is 17.0 Å². The van der Waals surface area contributed by atoms with Crippen molar-refractivity contribution in [2.45, 2.75) is 19.6 Å². The molecule has 1 amide bonds. The molecule has 0 aliphatic rings. The number of hydrogen-bond donors (Lipinski definition) is 1. The Morgan fingerprint density at radius 1 is 1.24 bits per heavy atom. The molecule has 0 saturated heterocycles. The largest absolute Gasteiger partial charge is 0.272 e. The molecule has 0 fully saturated rings. The molecule has 25 heavy (non-hydrogen) atoms. The lowest BCUT2D eigenvalue weighted by Gasteiger charge is -2.04. The molecule has 0 spiro atoms. The van der Waals surface area contributed by atoms with Crippen LogP contribution in [0.25, 0.3) is 0 Å². The van der Waals surface area contributed by atoms with Gasteiger partial charge >= 0.3 is 0 Å². The number of carbonyl (C=O) groups excluding carboxylic acids is 1. The van der Waals surface area contributed by atoms with Gasteiger partial charge in [0.1, 0.15) is 0 Å². The quantitative estimate of drug-likeness (QED) is 0.465. The van der Waals surface area contributed by atoms with Crippen LogP contribution in [0.1, 0.15) is 23.6 Å². The number of nitrogens with zero attached hydrogens (tertiary/aromatic N) is 2. The summed E-state index contributed by atoms with van der Waals surface area (Å²) in [5.74, 6) is 0.836. The standard InChI is InChI=1S/C18H19N3O3S/c1-13-6-8-15(9-7-13)11-25-12-18(22)20-19-14(2)16-4-3-5-17(10-16)21(23)24/h3-10H,11-12H2,1-2H3,(H,20,22)/b19-14-. The van der Waals surface area contributed by atoms with Crippen LogP contribution in [0.3, 0.4) is 0 Å². The maximum Gasteiger partial charge on any atom is 0.270 e. The van der Waals surface area contributed by atoms with Gasteiger partial charge in [-0.25, -0.2) is 5.43 Å². The number of amides is 1. The Bertz CT molecular complexity index is 788. The smallest absolute Gasteiger partial charge is 0.270 e. The number of nitro groups is 1. The Morgan fingerprint density at radius 2 is 1.96 bits per heavy atom. The summed E-state index contributed by atoms with van der Waals surface area (Å²) in [4.78, 5) is 22.2. The summed E-state index contributed by atoms with van der Waals surface area (Å²) in [7, 11) is 0. The van der Waals surface area contributed by atoms with Crippen molar-refractivity contribution in [1.82, 2.24) is 5.43 Å². The molecule has 0 bridgehead atoms. The molecule has 0 atom stereocenters. The zero-order valence-corrected chi connectivity index (χ0v) is 14.9. The number of hydrogen-bond acceptors (Lipinski definition) is 5. The third-order valence-electron chi connectivity index (χ3n) is 3.45. The topological polar surface area (TPSA) is 84.6 Å². The van der Waals surface area contributed by atoms with E-state index < -0.39 is 4.92 Å². The van der Waals surface area contributed by atoms with Crippen LogP contribution in [0.5, 0.6) is 0 Å². The molecule has 6 nitrogen and oxygen atoms in total. The molecule has 1 N–H and O–H groups in total. The first-order chi connectivity index (χ1) is 12.0. The van der Waals surface area contributed by atoms with Crippen LogP contribution in [0.2, 0.25) is 0 Å². The molecule has 7 heteroatoms. The van der Waals surface area contributed by atoms with Gasteiger partial charge in [-0.15, -0.1) is 11.8 Å². The van der Waals surface area contributed by atoms with Crippen molar-refractivity contribution in [2.24, 2.45) is 5.10 Å². The SMILES string of the molecule is C/C(=N/NC(=O)CSCc1ccc(C)cc1)c1cccc([N+](=O)[O-])c1. The Hall–Kier alpha value is -2.67. The number of nitro benzene ring substituents is 1. The molecule has 0 heterocycles. The molecule has 0 saturated carbocycles. The van der Waals surface area contributed by atoms with Gasteiger partial charge in [-0.05, 0) is 19.4 Å². The van der Waals surface area contributed by atoms with Gasteiger partial charge in [-0.2, -0.15) is 5.10 Å². The van der Waals surface area contributed by atoms with Gasteiger partial charge in [-0.1, -0.05) is 42.0 Å². The number of thioether (sulfide) groups is 1. The summed E-state index contributed by atoms with van der Waals surface area (Å²) in [5.41, 5.74) is 5.96. The van der Waals surface area contributed by atoms with Gasteiger partial charge in [0.25, 0.3) is 5.69 Å². The summed E-state index contributed by atoms with van der Waals surface area (Å²) in [6.07, 6.45) is 0. The number of nitrogens with one attached hydrogen (secondary N) is 1. The zero-order valence-electron chi connectivity index (χ0n) is 14.1. The van der Waals surface area contributed by atoms with Crippen LogP contribution in [0.4, 0.5) is 5.69 Å². The predicted molar refractivity (Wildman–Crippen MR) is 101 cm³/mol. The average molecular weight is 357 g/mol. The zero-order chi connectivity index (χ0) is 18.2. The number of non-ortho nitro benzene ring substituents is 1. The lowest BCUT2D eigenvalue weighted by atomic mass is 10.1. The maximum atomic E-state index is 11.9. The number of benzene rings is 2. The van der Waals surface area contributed by atoms with Gasteiger partial charge < -0.3 is 0 Å². The first-order valence-corrected chi connectivity index (χ1v) is 8.82. The van der Waals surface area contributed by atoms with E-state index in [2.05, 4.69) is 10.5 Å².